The number of benzene rings is 1. The highest BCUT2D eigenvalue weighted by molar-refractivity contribution is 5.96. The summed E-state index contributed by atoms with van der Waals surface area (Å²) in [5.74, 6) is -2.72. The number of carboxylic acids is 1. The second-order valence-corrected chi connectivity index (χ2v) is 7.36. The van der Waals surface area contributed by atoms with Crippen LogP contribution in [0.4, 0.5) is 13.2 Å². The molecule has 2 amide bonds. The Kier molecular flexibility index (Phi) is 6.28. The van der Waals surface area contributed by atoms with E-state index in [9.17, 15) is 22.8 Å². The Morgan fingerprint density at radius 2 is 1.84 bits per heavy atom. The fourth-order valence-corrected chi connectivity index (χ4v) is 4.02. The summed E-state index contributed by atoms with van der Waals surface area (Å²) in [6.07, 6.45) is -1.08. The minimum absolute atomic E-state index is 0.0295. The number of hydrogen-bond acceptors (Lipinski definition) is 4. The lowest BCUT2D eigenvalue weighted by Gasteiger charge is -2.27. The van der Waals surface area contributed by atoms with Gasteiger partial charge in [0.05, 0.1) is 11.0 Å². The Morgan fingerprint density at radius 1 is 1.16 bits per heavy atom. The standard InChI is InChI=1S/C19H19N3O2.C2HF3O2/c23-17(15-7-4-9-20-11-15)22-12-16(14-5-2-1-3-6-14)19(13-22)8-10-21-18(19)24;3-2(4,5)1(6)7/h1-7,9,11,16H,8,10,12-13H2,(H,21,24);(H,6,7)/t16-,19+;/m0./s1. The number of aliphatic carboxylic acids is 1. The molecule has 2 aliphatic heterocycles. The number of aromatic nitrogens is 1. The van der Waals surface area contributed by atoms with E-state index in [2.05, 4.69) is 22.4 Å². The highest BCUT2D eigenvalue weighted by Crippen LogP contribution is 2.47. The molecule has 2 N–H and O–H groups in total. The predicted octanol–water partition coefficient (Wildman–Crippen LogP) is 2.46. The summed E-state index contributed by atoms with van der Waals surface area (Å²) < 4.78 is 31.7. The summed E-state index contributed by atoms with van der Waals surface area (Å²) in [7, 11) is 0. The number of carbonyl (C=O) groups excluding carboxylic acids is 2. The van der Waals surface area contributed by atoms with Crippen molar-refractivity contribution in [2.75, 3.05) is 19.6 Å². The van der Waals surface area contributed by atoms with E-state index in [1.54, 1.807) is 29.4 Å². The Hall–Kier alpha value is -3.43. The first-order chi connectivity index (χ1) is 14.6. The average molecular weight is 435 g/mol. The first kappa shape index (κ1) is 22.3. The summed E-state index contributed by atoms with van der Waals surface area (Å²) >= 11 is 0. The lowest BCUT2D eigenvalue weighted by Crippen LogP contribution is -2.38. The van der Waals surface area contributed by atoms with Crippen LogP contribution in [-0.4, -0.2) is 58.6 Å². The van der Waals surface area contributed by atoms with Crippen molar-refractivity contribution in [2.45, 2.75) is 18.5 Å². The molecule has 164 valence electrons. The van der Waals surface area contributed by atoms with Crippen LogP contribution in [0.15, 0.2) is 54.9 Å². The molecule has 10 heteroatoms. The number of nitrogens with zero attached hydrogens (tertiary/aromatic N) is 2. The van der Waals surface area contributed by atoms with Crippen molar-refractivity contribution in [1.82, 2.24) is 15.2 Å². The molecule has 31 heavy (non-hydrogen) atoms. The molecule has 1 aromatic carbocycles. The van der Waals surface area contributed by atoms with Crippen molar-refractivity contribution in [3.8, 4) is 0 Å². The first-order valence-electron chi connectivity index (χ1n) is 9.48. The fraction of sp³-hybridized carbons (Fsp3) is 0.333. The summed E-state index contributed by atoms with van der Waals surface area (Å²) in [6, 6.07) is 13.6. The zero-order chi connectivity index (χ0) is 22.6. The minimum atomic E-state index is -5.08. The third kappa shape index (κ3) is 4.68. The maximum Gasteiger partial charge on any atom is 0.490 e. The molecule has 0 saturated carbocycles. The maximum atomic E-state index is 12.8. The zero-order valence-corrected chi connectivity index (χ0v) is 16.3. The second-order valence-electron chi connectivity index (χ2n) is 7.36. The van der Waals surface area contributed by atoms with Crippen LogP contribution in [0.5, 0.6) is 0 Å². The molecule has 4 rings (SSSR count). The number of alkyl halides is 3. The molecule has 3 heterocycles. The van der Waals surface area contributed by atoms with Gasteiger partial charge in [-0.25, -0.2) is 4.79 Å². The van der Waals surface area contributed by atoms with E-state index < -0.39 is 17.6 Å². The lowest BCUT2D eigenvalue weighted by molar-refractivity contribution is -0.192. The minimum Gasteiger partial charge on any atom is -0.475 e. The van der Waals surface area contributed by atoms with Crippen molar-refractivity contribution in [3.63, 3.8) is 0 Å². The van der Waals surface area contributed by atoms with Gasteiger partial charge in [-0.15, -0.1) is 0 Å². The average Bonchev–Trinajstić information content (AvgIpc) is 3.32. The quantitative estimate of drug-likeness (QED) is 0.755. The van der Waals surface area contributed by atoms with Crippen molar-refractivity contribution in [2.24, 2.45) is 5.41 Å². The van der Waals surface area contributed by atoms with Crippen LogP contribution in [0.2, 0.25) is 0 Å². The molecule has 2 aromatic rings. The van der Waals surface area contributed by atoms with Gasteiger partial charge >= 0.3 is 12.1 Å². The highest BCUT2D eigenvalue weighted by atomic mass is 19.4. The molecule has 0 bridgehead atoms. The second kappa shape index (κ2) is 8.75. The van der Waals surface area contributed by atoms with Gasteiger partial charge in [-0.3, -0.25) is 14.6 Å². The van der Waals surface area contributed by atoms with Gasteiger partial charge in [-0.1, -0.05) is 30.3 Å². The summed E-state index contributed by atoms with van der Waals surface area (Å²) in [4.78, 5) is 40.2. The number of halogens is 3. The zero-order valence-electron chi connectivity index (χ0n) is 16.3. The lowest BCUT2D eigenvalue weighted by atomic mass is 9.73. The Balaban J connectivity index is 0.000000339. The fourth-order valence-electron chi connectivity index (χ4n) is 4.02. The largest absolute Gasteiger partial charge is 0.490 e. The number of amides is 2. The van der Waals surface area contributed by atoms with Crippen LogP contribution in [0.3, 0.4) is 0 Å². The van der Waals surface area contributed by atoms with Gasteiger partial charge in [0, 0.05) is 37.9 Å². The molecule has 0 aliphatic carbocycles. The Bertz CT molecular complexity index is 953. The van der Waals surface area contributed by atoms with Gasteiger partial charge < -0.3 is 15.3 Å². The molecule has 2 aliphatic rings. The van der Waals surface area contributed by atoms with Crippen LogP contribution in [-0.2, 0) is 9.59 Å². The number of nitrogens with one attached hydrogen (secondary N) is 1. The van der Waals surface area contributed by atoms with Crippen molar-refractivity contribution >= 4 is 17.8 Å². The van der Waals surface area contributed by atoms with E-state index in [-0.39, 0.29) is 17.7 Å². The van der Waals surface area contributed by atoms with Gasteiger partial charge in [0.2, 0.25) is 5.91 Å². The van der Waals surface area contributed by atoms with E-state index in [4.69, 9.17) is 9.90 Å². The van der Waals surface area contributed by atoms with Gasteiger partial charge in [0.15, 0.2) is 0 Å². The normalized spacial score (nSPS) is 22.6. The highest BCUT2D eigenvalue weighted by Gasteiger charge is 2.55. The molecular formula is C21H20F3N3O4. The monoisotopic (exact) mass is 435 g/mol. The summed E-state index contributed by atoms with van der Waals surface area (Å²) in [5, 5.41) is 10.1. The van der Waals surface area contributed by atoms with Gasteiger partial charge in [-0.05, 0) is 24.1 Å². The molecule has 1 aromatic heterocycles. The Morgan fingerprint density at radius 3 is 2.35 bits per heavy atom. The number of carbonyl (C=O) groups is 3. The van der Waals surface area contributed by atoms with Crippen LogP contribution >= 0.6 is 0 Å². The number of carboxylic acid groups (broad SMARTS) is 1. The summed E-state index contributed by atoms with van der Waals surface area (Å²) in [5.41, 5.74) is 1.18. The first-order valence-corrected chi connectivity index (χ1v) is 9.48. The number of pyridine rings is 1. The third-order valence-electron chi connectivity index (χ3n) is 5.49. The van der Waals surface area contributed by atoms with Crippen molar-refractivity contribution in [1.29, 1.82) is 0 Å². The smallest absolute Gasteiger partial charge is 0.475 e. The van der Waals surface area contributed by atoms with Crippen LogP contribution in [0, 0.1) is 5.41 Å². The molecular weight excluding hydrogens is 415 g/mol. The SMILES string of the molecule is O=C(O)C(F)(F)F.O=C(c1cccnc1)N1C[C@@H](c2ccccc2)[C@@]2(CCNC2=O)C1. The van der Waals surface area contributed by atoms with Crippen LogP contribution < -0.4 is 5.32 Å². The number of likely N-dealkylation sites (tertiary alicyclic amines) is 1. The van der Waals surface area contributed by atoms with Gasteiger partial charge in [0.25, 0.3) is 5.91 Å². The topological polar surface area (TPSA) is 99.6 Å². The molecule has 0 unspecified atom stereocenters. The molecule has 2 saturated heterocycles. The van der Waals surface area contributed by atoms with E-state index >= 15 is 0 Å². The molecule has 7 nitrogen and oxygen atoms in total. The summed E-state index contributed by atoms with van der Waals surface area (Å²) in [6.45, 7) is 1.70. The predicted molar refractivity (Wildman–Crippen MR) is 103 cm³/mol. The third-order valence-corrected chi connectivity index (χ3v) is 5.49. The Labute approximate surface area is 175 Å². The van der Waals surface area contributed by atoms with Crippen LogP contribution in [0.25, 0.3) is 0 Å². The van der Waals surface area contributed by atoms with E-state index in [0.717, 1.165) is 12.0 Å². The van der Waals surface area contributed by atoms with Gasteiger partial charge in [0.1, 0.15) is 0 Å². The van der Waals surface area contributed by atoms with E-state index in [0.29, 0.717) is 25.2 Å². The molecule has 0 radical (unpaired) electrons. The maximum absolute atomic E-state index is 12.8. The van der Waals surface area contributed by atoms with E-state index in [1.807, 2.05) is 18.2 Å². The number of hydrogen-bond donors (Lipinski definition) is 2. The number of rotatable bonds is 2. The molecule has 1 spiro atoms. The van der Waals surface area contributed by atoms with Crippen molar-refractivity contribution < 1.29 is 32.7 Å². The van der Waals surface area contributed by atoms with Crippen LogP contribution in [0.1, 0.15) is 28.3 Å². The van der Waals surface area contributed by atoms with E-state index in [1.165, 1.54) is 0 Å². The van der Waals surface area contributed by atoms with Gasteiger partial charge in [-0.2, -0.15) is 13.2 Å². The molecule has 2 fully saturated rings. The molecule has 2 atom stereocenters. The van der Waals surface area contributed by atoms with Crippen molar-refractivity contribution in [3.05, 3.63) is 66.0 Å².